The van der Waals surface area contributed by atoms with Gasteiger partial charge >= 0.3 is 5.97 Å². The van der Waals surface area contributed by atoms with Crippen LogP contribution in [0, 0.1) is 5.92 Å². The number of aromatic amines is 1. The fraction of sp³-hybridized carbons (Fsp3) is 0.412. The van der Waals surface area contributed by atoms with Crippen molar-refractivity contribution in [2.45, 2.75) is 32.6 Å². The third-order valence-corrected chi connectivity index (χ3v) is 4.09. The van der Waals surface area contributed by atoms with Gasteiger partial charge in [-0.2, -0.15) is 5.10 Å². The number of hydrogen-bond donors (Lipinski definition) is 1. The van der Waals surface area contributed by atoms with E-state index in [4.69, 9.17) is 4.74 Å². The summed E-state index contributed by atoms with van der Waals surface area (Å²) >= 11 is 0. The van der Waals surface area contributed by atoms with Crippen molar-refractivity contribution >= 4 is 22.4 Å². The Kier molecular flexibility index (Phi) is 4.04. The standard InChI is InChI=1S/C17H20N2O2/c1-2-21-17(20)9-12-3-5-13(6-4-12)14-7-8-15-11-18-19-16(15)10-14/h5,7-8,10-12H,2-4,6,9H2,1H3,(H,18,19). The zero-order valence-electron chi connectivity index (χ0n) is 12.3. The molecule has 0 saturated carbocycles. The summed E-state index contributed by atoms with van der Waals surface area (Å²) in [5.41, 5.74) is 3.69. The van der Waals surface area contributed by atoms with Gasteiger partial charge in [-0.05, 0) is 49.3 Å². The minimum Gasteiger partial charge on any atom is -0.466 e. The Bertz CT molecular complexity index is 672. The number of carbonyl (C=O) groups excluding carboxylic acids is 1. The third-order valence-electron chi connectivity index (χ3n) is 4.09. The Labute approximate surface area is 124 Å². The molecule has 4 heteroatoms. The van der Waals surface area contributed by atoms with Crippen LogP contribution < -0.4 is 0 Å². The second-order valence-corrected chi connectivity index (χ2v) is 5.55. The number of hydrogen-bond acceptors (Lipinski definition) is 3. The molecule has 0 aliphatic heterocycles. The van der Waals surface area contributed by atoms with Crippen LogP contribution in [0.5, 0.6) is 0 Å². The highest BCUT2D eigenvalue weighted by Crippen LogP contribution is 2.32. The molecule has 1 atom stereocenters. The zero-order valence-corrected chi connectivity index (χ0v) is 12.3. The van der Waals surface area contributed by atoms with E-state index < -0.39 is 0 Å². The predicted octanol–water partition coefficient (Wildman–Crippen LogP) is 3.70. The van der Waals surface area contributed by atoms with Crippen molar-refractivity contribution in [2.24, 2.45) is 5.92 Å². The van der Waals surface area contributed by atoms with Gasteiger partial charge in [0.1, 0.15) is 0 Å². The van der Waals surface area contributed by atoms with Gasteiger partial charge in [0.05, 0.1) is 18.3 Å². The topological polar surface area (TPSA) is 55.0 Å². The van der Waals surface area contributed by atoms with Crippen LogP contribution >= 0.6 is 0 Å². The van der Waals surface area contributed by atoms with E-state index in [0.29, 0.717) is 18.9 Å². The van der Waals surface area contributed by atoms with Crippen molar-refractivity contribution in [3.8, 4) is 0 Å². The van der Waals surface area contributed by atoms with Crippen molar-refractivity contribution in [2.75, 3.05) is 6.61 Å². The first-order valence-corrected chi connectivity index (χ1v) is 7.54. The van der Waals surface area contributed by atoms with E-state index in [1.807, 2.05) is 13.1 Å². The van der Waals surface area contributed by atoms with Crippen LogP contribution in [0.25, 0.3) is 16.5 Å². The second-order valence-electron chi connectivity index (χ2n) is 5.55. The van der Waals surface area contributed by atoms with Gasteiger partial charge < -0.3 is 4.74 Å². The molecule has 1 N–H and O–H groups in total. The number of nitrogens with zero attached hydrogens (tertiary/aromatic N) is 1. The van der Waals surface area contributed by atoms with Crippen LogP contribution in [0.3, 0.4) is 0 Å². The molecule has 1 unspecified atom stereocenters. The summed E-state index contributed by atoms with van der Waals surface area (Å²) in [6.45, 7) is 2.32. The number of rotatable bonds is 4. The maximum Gasteiger partial charge on any atom is 0.306 e. The number of fused-ring (bicyclic) bond motifs is 1. The van der Waals surface area contributed by atoms with Gasteiger partial charge in [0, 0.05) is 11.8 Å². The Morgan fingerprint density at radius 2 is 2.38 bits per heavy atom. The average Bonchev–Trinajstić information content (AvgIpc) is 2.95. The van der Waals surface area contributed by atoms with Crippen molar-refractivity contribution in [3.05, 3.63) is 36.0 Å². The molecule has 1 aliphatic rings. The highest BCUT2D eigenvalue weighted by Gasteiger charge is 2.19. The molecule has 0 spiro atoms. The molecule has 4 nitrogen and oxygen atoms in total. The molecule has 110 valence electrons. The summed E-state index contributed by atoms with van der Waals surface area (Å²) < 4.78 is 5.02. The first kappa shape index (κ1) is 13.9. The summed E-state index contributed by atoms with van der Waals surface area (Å²) in [5.74, 6) is 0.349. The number of nitrogens with one attached hydrogen (secondary N) is 1. The third kappa shape index (κ3) is 3.15. The average molecular weight is 284 g/mol. The van der Waals surface area contributed by atoms with Crippen LogP contribution in [0.4, 0.5) is 0 Å². The lowest BCUT2D eigenvalue weighted by molar-refractivity contribution is -0.144. The van der Waals surface area contributed by atoms with Crippen LogP contribution in [-0.4, -0.2) is 22.8 Å². The largest absolute Gasteiger partial charge is 0.466 e. The molecular formula is C17H20N2O2. The summed E-state index contributed by atoms with van der Waals surface area (Å²) in [4.78, 5) is 11.5. The fourth-order valence-electron chi connectivity index (χ4n) is 2.93. The lowest BCUT2D eigenvalue weighted by Crippen LogP contribution is -2.13. The SMILES string of the molecule is CCOC(=O)CC1CC=C(c2ccc3cn[nH]c3c2)CC1. The summed E-state index contributed by atoms with van der Waals surface area (Å²) in [6.07, 6.45) is 7.66. The molecule has 21 heavy (non-hydrogen) atoms. The minimum atomic E-state index is -0.0711. The second kappa shape index (κ2) is 6.12. The van der Waals surface area contributed by atoms with Crippen molar-refractivity contribution < 1.29 is 9.53 Å². The normalized spacial score (nSPS) is 18.5. The van der Waals surface area contributed by atoms with Crippen LogP contribution in [0.15, 0.2) is 30.5 Å². The predicted molar refractivity (Wildman–Crippen MR) is 82.7 cm³/mol. The van der Waals surface area contributed by atoms with E-state index in [0.717, 1.165) is 30.2 Å². The van der Waals surface area contributed by atoms with Gasteiger partial charge in [0.2, 0.25) is 0 Å². The van der Waals surface area contributed by atoms with E-state index in [9.17, 15) is 4.79 Å². The Balaban J connectivity index is 1.67. The highest BCUT2D eigenvalue weighted by molar-refractivity contribution is 5.83. The van der Waals surface area contributed by atoms with Gasteiger partial charge in [-0.25, -0.2) is 0 Å². The molecule has 1 heterocycles. The molecule has 0 bridgehead atoms. The number of carbonyl (C=O) groups is 1. The van der Waals surface area contributed by atoms with E-state index in [1.165, 1.54) is 11.1 Å². The summed E-state index contributed by atoms with van der Waals surface area (Å²) in [7, 11) is 0. The van der Waals surface area contributed by atoms with E-state index in [2.05, 4.69) is 34.5 Å². The molecular weight excluding hydrogens is 264 g/mol. The monoisotopic (exact) mass is 284 g/mol. The molecule has 0 fully saturated rings. The van der Waals surface area contributed by atoms with Crippen molar-refractivity contribution in [1.29, 1.82) is 0 Å². The number of esters is 1. The van der Waals surface area contributed by atoms with E-state index in [-0.39, 0.29) is 5.97 Å². The smallest absolute Gasteiger partial charge is 0.306 e. The number of aromatic nitrogens is 2. The van der Waals surface area contributed by atoms with Gasteiger partial charge in [0.25, 0.3) is 0 Å². The molecule has 0 amide bonds. The maximum atomic E-state index is 11.5. The summed E-state index contributed by atoms with van der Waals surface area (Å²) in [5, 5.41) is 8.20. The Morgan fingerprint density at radius 3 is 3.14 bits per heavy atom. The molecule has 1 aliphatic carbocycles. The van der Waals surface area contributed by atoms with Gasteiger partial charge in [-0.3, -0.25) is 9.89 Å². The molecule has 1 aromatic carbocycles. The number of ether oxygens (including phenoxy) is 1. The lowest BCUT2D eigenvalue weighted by Gasteiger charge is -2.21. The van der Waals surface area contributed by atoms with Gasteiger partial charge in [-0.1, -0.05) is 18.2 Å². The van der Waals surface area contributed by atoms with Crippen LogP contribution in [-0.2, 0) is 9.53 Å². The molecule has 2 aromatic rings. The van der Waals surface area contributed by atoms with E-state index in [1.54, 1.807) is 0 Å². The minimum absolute atomic E-state index is 0.0711. The molecule has 0 radical (unpaired) electrons. The van der Waals surface area contributed by atoms with Crippen LogP contribution in [0.2, 0.25) is 0 Å². The molecule has 3 rings (SSSR count). The fourth-order valence-corrected chi connectivity index (χ4v) is 2.93. The summed E-state index contributed by atoms with van der Waals surface area (Å²) in [6, 6.07) is 6.40. The number of benzene rings is 1. The quantitative estimate of drug-likeness (QED) is 0.871. The highest BCUT2D eigenvalue weighted by atomic mass is 16.5. The van der Waals surface area contributed by atoms with Crippen molar-refractivity contribution in [3.63, 3.8) is 0 Å². The first-order chi connectivity index (χ1) is 10.3. The number of allylic oxidation sites excluding steroid dienone is 2. The lowest BCUT2D eigenvalue weighted by atomic mass is 9.85. The Hall–Kier alpha value is -2.10. The first-order valence-electron chi connectivity index (χ1n) is 7.54. The van der Waals surface area contributed by atoms with Crippen LogP contribution in [0.1, 0.15) is 38.2 Å². The molecule has 0 saturated heterocycles. The zero-order chi connectivity index (χ0) is 14.7. The van der Waals surface area contributed by atoms with Crippen molar-refractivity contribution in [1.82, 2.24) is 10.2 Å². The number of H-pyrrole nitrogens is 1. The maximum absolute atomic E-state index is 11.5. The Morgan fingerprint density at radius 1 is 1.48 bits per heavy atom. The van der Waals surface area contributed by atoms with Gasteiger partial charge in [0.15, 0.2) is 0 Å². The van der Waals surface area contributed by atoms with Gasteiger partial charge in [-0.15, -0.1) is 0 Å². The van der Waals surface area contributed by atoms with E-state index >= 15 is 0 Å². The molecule has 1 aromatic heterocycles.